The third kappa shape index (κ3) is 3.91. The van der Waals surface area contributed by atoms with Gasteiger partial charge in [0, 0.05) is 5.54 Å². The Bertz CT molecular complexity index is 1100. The van der Waals surface area contributed by atoms with Crippen LogP contribution in [0.1, 0.15) is 60.9 Å². The molecule has 0 aromatic heterocycles. The molecule has 7 heteroatoms. The van der Waals surface area contributed by atoms with E-state index in [4.69, 9.17) is 5.73 Å². The van der Waals surface area contributed by atoms with Crippen LogP contribution < -0.4 is 10.6 Å². The van der Waals surface area contributed by atoms with Crippen molar-refractivity contribution in [3.05, 3.63) is 65.7 Å². The summed E-state index contributed by atoms with van der Waals surface area (Å²) in [6.07, 6.45) is 5.85. The minimum atomic E-state index is -0.822. The number of urea groups is 1. The van der Waals surface area contributed by atoms with E-state index in [1.165, 1.54) is 5.56 Å². The summed E-state index contributed by atoms with van der Waals surface area (Å²) in [5.74, 6) is -0.544. The molecule has 2 aromatic carbocycles. The predicted molar refractivity (Wildman–Crippen MR) is 136 cm³/mol. The van der Waals surface area contributed by atoms with Crippen molar-refractivity contribution in [3.8, 4) is 0 Å². The average Bonchev–Trinajstić information content (AvgIpc) is 3.10. The lowest BCUT2D eigenvalue weighted by Crippen LogP contribution is -2.59. The highest BCUT2D eigenvalue weighted by Gasteiger charge is 2.57. The Labute approximate surface area is 207 Å². The molecule has 5 rings (SSSR count). The molecule has 3 fully saturated rings. The lowest BCUT2D eigenvalue weighted by molar-refractivity contribution is -0.0725. The van der Waals surface area contributed by atoms with Crippen LogP contribution in [0.4, 0.5) is 10.5 Å². The molecule has 0 radical (unpaired) electrons. The molecule has 1 spiro atoms. The van der Waals surface area contributed by atoms with Crippen molar-refractivity contribution in [1.82, 2.24) is 9.80 Å². The molecule has 186 valence electrons. The van der Waals surface area contributed by atoms with Crippen LogP contribution in [0.3, 0.4) is 0 Å². The fourth-order valence-corrected chi connectivity index (χ4v) is 6.47. The molecule has 2 aliphatic carbocycles. The number of nitrogens with zero attached hydrogens (tertiary/aromatic N) is 3. The molecule has 3 aliphatic rings. The number of nitrogens with two attached hydrogens (primary N) is 1. The maximum atomic E-state index is 13.9. The molecule has 1 heterocycles. The van der Waals surface area contributed by atoms with Crippen LogP contribution in [-0.4, -0.2) is 65.2 Å². The number of hydrogen-bond donors (Lipinski definition) is 2. The van der Waals surface area contributed by atoms with Gasteiger partial charge < -0.3 is 15.7 Å². The SMILES string of the molecule is CN(C)[C@]1(c2ccccc2)CC[C@]2(CC1)CN(c1ccccc1C(N)=O)C(=O)N2CC1(O)CCC1. The van der Waals surface area contributed by atoms with Crippen molar-refractivity contribution in [2.45, 2.75) is 61.6 Å². The smallest absolute Gasteiger partial charge is 0.325 e. The molecule has 3 amide bonds. The standard InChI is InChI=1S/C28H36N4O3/c1-30(2)28(21-9-4-3-5-10-21)17-15-26(16-18-28)19-31(23-12-7-6-11-22(23)24(29)33)25(34)32(26)20-27(35)13-8-14-27/h3-7,9-12,35H,8,13-20H2,1-2H3,(H2,29,33)/t26-,28+. The quantitative estimate of drug-likeness (QED) is 0.665. The molecule has 3 N–H and O–H groups in total. The van der Waals surface area contributed by atoms with Gasteiger partial charge in [-0.05, 0) is 76.7 Å². The number of amides is 3. The minimum Gasteiger partial charge on any atom is -0.388 e. The minimum absolute atomic E-state index is 0.104. The summed E-state index contributed by atoms with van der Waals surface area (Å²) in [5.41, 5.74) is 6.54. The molecular weight excluding hydrogens is 440 g/mol. The number of rotatable bonds is 6. The number of carbonyl (C=O) groups is 2. The first kappa shape index (κ1) is 23.8. The number of benzene rings is 2. The highest BCUT2D eigenvalue weighted by Crippen LogP contribution is 2.50. The van der Waals surface area contributed by atoms with E-state index in [1.54, 1.807) is 23.1 Å². The van der Waals surface area contributed by atoms with Crippen molar-refractivity contribution < 1.29 is 14.7 Å². The molecule has 1 aliphatic heterocycles. The van der Waals surface area contributed by atoms with Gasteiger partial charge in [0.05, 0.1) is 35.5 Å². The zero-order valence-electron chi connectivity index (χ0n) is 20.7. The van der Waals surface area contributed by atoms with Gasteiger partial charge in [-0.2, -0.15) is 0 Å². The van der Waals surface area contributed by atoms with Gasteiger partial charge in [-0.15, -0.1) is 0 Å². The second-order valence-corrected chi connectivity index (χ2v) is 10.9. The van der Waals surface area contributed by atoms with Gasteiger partial charge in [-0.1, -0.05) is 42.5 Å². The number of anilines is 1. The van der Waals surface area contributed by atoms with Gasteiger partial charge >= 0.3 is 6.03 Å². The van der Waals surface area contributed by atoms with E-state index in [1.807, 2.05) is 17.0 Å². The fraction of sp³-hybridized carbons (Fsp3) is 0.500. The second kappa shape index (κ2) is 8.64. The number of carbonyl (C=O) groups excluding carboxylic acids is 2. The highest BCUT2D eigenvalue weighted by molar-refractivity contribution is 6.05. The summed E-state index contributed by atoms with van der Waals surface area (Å²) in [5, 5.41) is 11.1. The molecule has 0 atom stereocenters. The first-order valence-corrected chi connectivity index (χ1v) is 12.6. The maximum absolute atomic E-state index is 13.9. The molecular formula is C28H36N4O3. The van der Waals surface area contributed by atoms with Crippen molar-refractivity contribution in [1.29, 1.82) is 0 Å². The molecule has 7 nitrogen and oxygen atoms in total. The Morgan fingerprint density at radius 1 is 0.971 bits per heavy atom. The lowest BCUT2D eigenvalue weighted by atomic mass is 9.67. The number of primary amides is 1. The monoisotopic (exact) mass is 476 g/mol. The van der Waals surface area contributed by atoms with E-state index in [-0.39, 0.29) is 11.6 Å². The molecule has 35 heavy (non-hydrogen) atoms. The molecule has 0 unspecified atom stereocenters. The van der Waals surface area contributed by atoms with Gasteiger partial charge in [0.25, 0.3) is 5.91 Å². The summed E-state index contributed by atoms with van der Waals surface area (Å²) in [4.78, 5) is 32.0. The average molecular weight is 477 g/mol. The van der Waals surface area contributed by atoms with Crippen LogP contribution in [0.2, 0.25) is 0 Å². The highest BCUT2D eigenvalue weighted by atomic mass is 16.3. The normalized spacial score (nSPS) is 27.9. The number of para-hydroxylation sites is 1. The van der Waals surface area contributed by atoms with Gasteiger partial charge in [0.2, 0.25) is 0 Å². The van der Waals surface area contributed by atoms with Crippen molar-refractivity contribution in [2.75, 3.05) is 32.1 Å². The zero-order valence-corrected chi connectivity index (χ0v) is 20.7. The van der Waals surface area contributed by atoms with Gasteiger partial charge in [0.15, 0.2) is 0 Å². The van der Waals surface area contributed by atoms with E-state index in [0.29, 0.717) is 24.3 Å². The summed E-state index contributed by atoms with van der Waals surface area (Å²) in [6.45, 7) is 0.825. The Balaban J connectivity index is 1.50. The summed E-state index contributed by atoms with van der Waals surface area (Å²) >= 11 is 0. The van der Waals surface area contributed by atoms with Crippen LogP contribution in [0.15, 0.2) is 54.6 Å². The third-order valence-electron chi connectivity index (χ3n) is 8.86. The maximum Gasteiger partial charge on any atom is 0.325 e. The van der Waals surface area contributed by atoms with Crippen LogP contribution in [0.25, 0.3) is 0 Å². The molecule has 1 saturated heterocycles. The second-order valence-electron chi connectivity index (χ2n) is 10.9. The first-order valence-electron chi connectivity index (χ1n) is 12.6. The van der Waals surface area contributed by atoms with Gasteiger partial charge in [0.1, 0.15) is 0 Å². The molecule has 0 bridgehead atoms. The van der Waals surface area contributed by atoms with Crippen LogP contribution in [-0.2, 0) is 5.54 Å². The van der Waals surface area contributed by atoms with Crippen LogP contribution in [0.5, 0.6) is 0 Å². The van der Waals surface area contributed by atoms with E-state index >= 15 is 0 Å². The van der Waals surface area contributed by atoms with E-state index < -0.39 is 17.0 Å². The van der Waals surface area contributed by atoms with Crippen molar-refractivity contribution in [3.63, 3.8) is 0 Å². The third-order valence-corrected chi connectivity index (χ3v) is 8.86. The van der Waals surface area contributed by atoms with Crippen molar-refractivity contribution >= 4 is 17.6 Å². The van der Waals surface area contributed by atoms with Crippen LogP contribution in [0, 0.1) is 0 Å². The fourth-order valence-electron chi connectivity index (χ4n) is 6.47. The summed E-state index contributed by atoms with van der Waals surface area (Å²) < 4.78 is 0. The van der Waals surface area contributed by atoms with Crippen LogP contribution >= 0.6 is 0 Å². The number of aliphatic hydroxyl groups is 1. The molecule has 2 aromatic rings. The first-order chi connectivity index (χ1) is 16.7. The zero-order chi connectivity index (χ0) is 24.8. The van der Waals surface area contributed by atoms with E-state index in [9.17, 15) is 14.7 Å². The number of β-amino-alcohol motifs (C(OH)–C–C–N with tert-alkyl or cyclic N) is 1. The number of hydrogen-bond acceptors (Lipinski definition) is 4. The summed E-state index contributed by atoms with van der Waals surface area (Å²) in [6, 6.07) is 17.5. The van der Waals surface area contributed by atoms with E-state index in [0.717, 1.165) is 44.9 Å². The van der Waals surface area contributed by atoms with Gasteiger partial charge in [-0.25, -0.2) is 4.79 Å². The Hall–Kier alpha value is -2.90. The Kier molecular flexibility index (Phi) is 5.88. The Morgan fingerprint density at radius 2 is 1.60 bits per heavy atom. The molecule has 2 saturated carbocycles. The van der Waals surface area contributed by atoms with Crippen molar-refractivity contribution in [2.24, 2.45) is 5.73 Å². The largest absolute Gasteiger partial charge is 0.388 e. The van der Waals surface area contributed by atoms with E-state index in [2.05, 4.69) is 43.3 Å². The predicted octanol–water partition coefficient (Wildman–Crippen LogP) is 3.71. The lowest BCUT2D eigenvalue weighted by Gasteiger charge is -2.52. The topological polar surface area (TPSA) is 90.1 Å². The van der Waals surface area contributed by atoms with Gasteiger partial charge in [-0.3, -0.25) is 14.6 Å². The summed E-state index contributed by atoms with van der Waals surface area (Å²) in [7, 11) is 4.27. The Morgan fingerprint density at radius 3 is 2.17 bits per heavy atom.